The molecule has 0 bridgehead atoms. The maximum absolute atomic E-state index is 11.6. The largest absolute Gasteiger partial charge is 0.415 e. The van der Waals surface area contributed by atoms with E-state index < -0.39 is 0 Å². The van der Waals surface area contributed by atoms with Crippen molar-refractivity contribution < 1.29 is 9.53 Å². The summed E-state index contributed by atoms with van der Waals surface area (Å²) in [5.74, 6) is 0.668. The Hall–Kier alpha value is -1.49. The number of piperazine rings is 1. The van der Waals surface area contributed by atoms with E-state index in [-0.39, 0.29) is 6.09 Å². The average Bonchev–Trinajstić information content (AvgIpc) is 2.31. The quantitative estimate of drug-likeness (QED) is 0.655. The van der Waals surface area contributed by atoms with E-state index in [0.717, 1.165) is 26.2 Å². The zero-order valence-electron chi connectivity index (χ0n) is 8.53. The van der Waals surface area contributed by atoms with Gasteiger partial charge in [0.1, 0.15) is 5.76 Å². The molecular formula is C10H15N3O2. The summed E-state index contributed by atoms with van der Waals surface area (Å²) in [4.78, 5) is 13.4. The van der Waals surface area contributed by atoms with Crippen LogP contribution in [0.3, 0.4) is 0 Å². The Bertz CT molecular complexity index is 293. The molecule has 0 aromatic carbocycles. The number of nitrogens with one attached hydrogen (secondary N) is 2. The number of carbonyl (C=O) groups excluding carboxylic acids is 1. The Kier molecular flexibility index (Phi) is 3.24. The highest BCUT2D eigenvalue weighted by Gasteiger charge is 2.18. The predicted molar refractivity (Wildman–Crippen MR) is 55.9 cm³/mol. The summed E-state index contributed by atoms with van der Waals surface area (Å²) < 4.78 is 5.24. The molecular weight excluding hydrogens is 194 g/mol. The fourth-order valence-electron chi connectivity index (χ4n) is 1.54. The lowest BCUT2D eigenvalue weighted by atomic mass is 10.3. The molecule has 0 unspecified atom stereocenters. The lowest BCUT2D eigenvalue weighted by Crippen LogP contribution is -2.46. The van der Waals surface area contributed by atoms with Gasteiger partial charge in [-0.15, -0.1) is 0 Å². The van der Waals surface area contributed by atoms with Crippen LogP contribution in [0.15, 0.2) is 24.2 Å². The van der Waals surface area contributed by atoms with Crippen molar-refractivity contribution in [1.82, 2.24) is 15.5 Å². The summed E-state index contributed by atoms with van der Waals surface area (Å²) in [6, 6.07) is 0. The Morgan fingerprint density at radius 3 is 2.87 bits per heavy atom. The van der Waals surface area contributed by atoms with E-state index in [1.807, 2.05) is 12.3 Å². The Labute approximate surface area is 88.8 Å². The highest BCUT2D eigenvalue weighted by Crippen LogP contribution is 2.09. The van der Waals surface area contributed by atoms with Crippen molar-refractivity contribution in [3.8, 4) is 0 Å². The fourth-order valence-corrected chi connectivity index (χ4v) is 1.54. The summed E-state index contributed by atoms with van der Waals surface area (Å²) in [6.07, 6.45) is 5.87. The van der Waals surface area contributed by atoms with Gasteiger partial charge in [0.25, 0.3) is 0 Å². The average molecular weight is 209 g/mol. The van der Waals surface area contributed by atoms with Gasteiger partial charge in [0, 0.05) is 38.8 Å². The number of rotatable bonds is 1. The number of nitrogens with zero attached hydrogens (tertiary/aromatic N) is 1. The van der Waals surface area contributed by atoms with Crippen LogP contribution in [0.5, 0.6) is 0 Å². The Morgan fingerprint density at radius 1 is 1.40 bits per heavy atom. The first-order valence-electron chi connectivity index (χ1n) is 5.14. The molecule has 0 radical (unpaired) electrons. The molecule has 0 spiro atoms. The van der Waals surface area contributed by atoms with Gasteiger partial charge in [0.05, 0.1) is 0 Å². The van der Waals surface area contributed by atoms with Crippen LogP contribution in [0.4, 0.5) is 4.79 Å². The van der Waals surface area contributed by atoms with Crippen molar-refractivity contribution in [2.75, 3.05) is 26.2 Å². The van der Waals surface area contributed by atoms with Crippen molar-refractivity contribution in [3.05, 3.63) is 24.2 Å². The van der Waals surface area contributed by atoms with E-state index in [1.165, 1.54) is 0 Å². The molecule has 5 nitrogen and oxygen atoms in total. The van der Waals surface area contributed by atoms with E-state index >= 15 is 0 Å². The van der Waals surface area contributed by atoms with Gasteiger partial charge < -0.3 is 20.3 Å². The summed E-state index contributed by atoms with van der Waals surface area (Å²) in [6.45, 7) is 3.11. The van der Waals surface area contributed by atoms with Gasteiger partial charge in [0.2, 0.25) is 0 Å². The molecule has 0 saturated carbocycles. The van der Waals surface area contributed by atoms with Crippen molar-refractivity contribution >= 4 is 6.09 Å². The van der Waals surface area contributed by atoms with Crippen LogP contribution in [-0.2, 0) is 4.74 Å². The zero-order chi connectivity index (χ0) is 10.5. The van der Waals surface area contributed by atoms with Gasteiger partial charge in [-0.3, -0.25) is 0 Å². The molecule has 5 heteroatoms. The highest BCUT2D eigenvalue weighted by atomic mass is 16.6. The monoisotopic (exact) mass is 209 g/mol. The molecule has 1 saturated heterocycles. The van der Waals surface area contributed by atoms with Crippen LogP contribution in [-0.4, -0.2) is 37.2 Å². The highest BCUT2D eigenvalue weighted by molar-refractivity contribution is 5.69. The smallest absolute Gasteiger partial charge is 0.413 e. The number of amides is 1. The van der Waals surface area contributed by atoms with E-state index in [1.54, 1.807) is 11.1 Å². The molecule has 1 amide bonds. The molecule has 0 aromatic rings. The van der Waals surface area contributed by atoms with Gasteiger partial charge in [-0.1, -0.05) is 6.08 Å². The molecule has 82 valence electrons. The van der Waals surface area contributed by atoms with Crippen molar-refractivity contribution in [3.63, 3.8) is 0 Å². The van der Waals surface area contributed by atoms with Crippen molar-refractivity contribution in [2.45, 2.75) is 6.42 Å². The molecule has 0 atom stereocenters. The summed E-state index contributed by atoms with van der Waals surface area (Å²) in [7, 11) is 0. The topological polar surface area (TPSA) is 53.6 Å². The first kappa shape index (κ1) is 10.0. The third-order valence-corrected chi connectivity index (χ3v) is 2.37. The molecule has 2 aliphatic heterocycles. The van der Waals surface area contributed by atoms with Crippen LogP contribution < -0.4 is 10.6 Å². The standard InChI is InChI=1S/C10H15N3O2/c14-10(13-6-4-11-5-7-13)15-9-2-1-3-12-8-9/h1,3,8,11-12H,2,4-7H2. The fraction of sp³-hybridized carbons (Fsp3) is 0.500. The number of dihydropyridines is 1. The molecule has 15 heavy (non-hydrogen) atoms. The Balaban J connectivity index is 1.82. The minimum Gasteiger partial charge on any atom is -0.413 e. The van der Waals surface area contributed by atoms with E-state index in [0.29, 0.717) is 12.2 Å². The maximum atomic E-state index is 11.6. The number of carbonyl (C=O) groups is 1. The normalized spacial score (nSPS) is 20.5. The minimum atomic E-state index is -0.250. The van der Waals surface area contributed by atoms with E-state index in [9.17, 15) is 4.79 Å². The summed E-state index contributed by atoms with van der Waals surface area (Å²) >= 11 is 0. The SMILES string of the molecule is O=C(OC1=CNC=CC1)N1CCNCC1. The van der Waals surface area contributed by atoms with Crippen LogP contribution in [0.1, 0.15) is 6.42 Å². The minimum absolute atomic E-state index is 0.250. The lowest BCUT2D eigenvalue weighted by Gasteiger charge is -2.27. The lowest BCUT2D eigenvalue weighted by molar-refractivity contribution is 0.121. The maximum Gasteiger partial charge on any atom is 0.415 e. The second kappa shape index (κ2) is 4.84. The van der Waals surface area contributed by atoms with Gasteiger partial charge in [-0.2, -0.15) is 0 Å². The summed E-state index contributed by atoms with van der Waals surface area (Å²) in [5, 5.41) is 6.08. The van der Waals surface area contributed by atoms with Crippen LogP contribution in [0.2, 0.25) is 0 Å². The van der Waals surface area contributed by atoms with Gasteiger partial charge in [-0.05, 0) is 6.20 Å². The van der Waals surface area contributed by atoms with Gasteiger partial charge in [-0.25, -0.2) is 4.79 Å². The van der Waals surface area contributed by atoms with Gasteiger partial charge in [0.15, 0.2) is 0 Å². The number of hydrogen-bond donors (Lipinski definition) is 2. The first-order valence-corrected chi connectivity index (χ1v) is 5.14. The number of hydrogen-bond acceptors (Lipinski definition) is 4. The molecule has 2 N–H and O–H groups in total. The van der Waals surface area contributed by atoms with Crippen LogP contribution in [0, 0.1) is 0 Å². The van der Waals surface area contributed by atoms with Gasteiger partial charge >= 0.3 is 6.09 Å². The second-order valence-electron chi connectivity index (χ2n) is 3.49. The van der Waals surface area contributed by atoms with Crippen LogP contribution >= 0.6 is 0 Å². The Morgan fingerprint density at radius 2 is 2.20 bits per heavy atom. The molecule has 1 fully saturated rings. The van der Waals surface area contributed by atoms with E-state index in [4.69, 9.17) is 4.74 Å². The van der Waals surface area contributed by atoms with Crippen LogP contribution in [0.25, 0.3) is 0 Å². The predicted octanol–water partition coefficient (Wildman–Crippen LogP) is 0.377. The van der Waals surface area contributed by atoms with Crippen molar-refractivity contribution in [1.29, 1.82) is 0 Å². The van der Waals surface area contributed by atoms with Crippen molar-refractivity contribution in [2.24, 2.45) is 0 Å². The third-order valence-electron chi connectivity index (χ3n) is 2.37. The molecule has 2 aliphatic rings. The number of allylic oxidation sites excluding steroid dienone is 1. The second-order valence-corrected chi connectivity index (χ2v) is 3.49. The summed E-state index contributed by atoms with van der Waals surface area (Å²) in [5.41, 5.74) is 0. The molecule has 2 heterocycles. The first-order chi connectivity index (χ1) is 7.36. The molecule has 2 rings (SSSR count). The molecule has 0 aromatic heterocycles. The molecule has 0 aliphatic carbocycles. The third kappa shape index (κ3) is 2.73. The van der Waals surface area contributed by atoms with E-state index in [2.05, 4.69) is 10.6 Å². The number of ether oxygens (including phenoxy) is 1. The zero-order valence-corrected chi connectivity index (χ0v) is 8.53.